The molecule has 132 valence electrons. The molecule has 0 atom stereocenters. The molecule has 25 heavy (non-hydrogen) atoms. The molecular formula is C21H27N3O. The van der Waals surface area contributed by atoms with Crippen LogP contribution < -0.4 is 4.90 Å². The van der Waals surface area contributed by atoms with Crippen LogP contribution in [0.4, 0.5) is 5.69 Å². The summed E-state index contributed by atoms with van der Waals surface area (Å²) in [7, 11) is 0. The minimum Gasteiger partial charge on any atom is -0.369 e. The van der Waals surface area contributed by atoms with Crippen LogP contribution in [0.5, 0.6) is 0 Å². The van der Waals surface area contributed by atoms with Crippen LogP contribution in [0.15, 0.2) is 36.4 Å². The van der Waals surface area contributed by atoms with Gasteiger partial charge in [-0.1, -0.05) is 18.2 Å². The van der Waals surface area contributed by atoms with Crippen LogP contribution in [0, 0.1) is 13.8 Å². The van der Waals surface area contributed by atoms with E-state index in [0.717, 1.165) is 37.4 Å². The summed E-state index contributed by atoms with van der Waals surface area (Å²) in [5, 5.41) is 0. The number of Topliss-reactive ketones (excluding diaryl/α,β-unsaturated/α-hetero) is 1. The highest BCUT2D eigenvalue weighted by atomic mass is 16.1. The van der Waals surface area contributed by atoms with Crippen molar-refractivity contribution in [1.82, 2.24) is 9.47 Å². The van der Waals surface area contributed by atoms with Crippen LogP contribution in [0.1, 0.15) is 40.6 Å². The molecule has 1 aromatic carbocycles. The van der Waals surface area contributed by atoms with Crippen LogP contribution in [-0.2, 0) is 0 Å². The molecule has 1 aliphatic heterocycles. The van der Waals surface area contributed by atoms with Gasteiger partial charge in [-0.3, -0.25) is 9.69 Å². The Hall–Kier alpha value is -2.07. The molecule has 0 radical (unpaired) electrons. The zero-order valence-corrected chi connectivity index (χ0v) is 15.2. The van der Waals surface area contributed by atoms with Gasteiger partial charge in [0, 0.05) is 54.9 Å². The summed E-state index contributed by atoms with van der Waals surface area (Å²) in [6.07, 6.45) is 2.51. The molecule has 0 N–H and O–H groups in total. The van der Waals surface area contributed by atoms with Gasteiger partial charge in [0.25, 0.3) is 0 Å². The maximum Gasteiger partial charge on any atom is 0.178 e. The van der Waals surface area contributed by atoms with E-state index < -0.39 is 0 Å². The largest absolute Gasteiger partial charge is 0.369 e. The van der Waals surface area contributed by atoms with Crippen molar-refractivity contribution >= 4 is 11.5 Å². The number of hydrogen-bond acceptors (Lipinski definition) is 3. The Balaban J connectivity index is 1.37. The van der Waals surface area contributed by atoms with Gasteiger partial charge in [0.05, 0.1) is 6.54 Å². The molecule has 0 unspecified atom stereocenters. The SMILES string of the molecule is Cc1cc(C(=O)CN2CCN(c3ccccc3)CC2)c(C)n1C1CC1. The number of aromatic nitrogens is 1. The third-order valence-electron chi connectivity index (χ3n) is 5.56. The second-order valence-electron chi connectivity index (χ2n) is 7.41. The molecule has 2 aliphatic rings. The second-order valence-corrected chi connectivity index (χ2v) is 7.41. The van der Waals surface area contributed by atoms with Crippen molar-refractivity contribution in [1.29, 1.82) is 0 Å². The van der Waals surface area contributed by atoms with E-state index in [1.54, 1.807) is 0 Å². The minimum atomic E-state index is 0.271. The average molecular weight is 337 g/mol. The van der Waals surface area contributed by atoms with Crippen molar-refractivity contribution in [2.45, 2.75) is 32.7 Å². The number of ketones is 1. The Kier molecular flexibility index (Phi) is 4.38. The fraction of sp³-hybridized carbons (Fsp3) is 0.476. The van der Waals surface area contributed by atoms with Gasteiger partial charge >= 0.3 is 0 Å². The predicted molar refractivity (Wildman–Crippen MR) is 102 cm³/mol. The fourth-order valence-corrected chi connectivity index (χ4v) is 4.05. The topological polar surface area (TPSA) is 28.5 Å². The molecule has 1 saturated heterocycles. The van der Waals surface area contributed by atoms with Crippen LogP contribution in [-0.4, -0.2) is 48.0 Å². The monoisotopic (exact) mass is 337 g/mol. The molecule has 0 spiro atoms. The fourth-order valence-electron chi connectivity index (χ4n) is 4.05. The molecule has 0 bridgehead atoms. The number of rotatable bonds is 5. The van der Waals surface area contributed by atoms with Gasteiger partial charge in [-0.15, -0.1) is 0 Å². The van der Waals surface area contributed by atoms with Gasteiger partial charge in [0.1, 0.15) is 0 Å². The molecule has 2 fully saturated rings. The lowest BCUT2D eigenvalue weighted by atomic mass is 10.1. The van der Waals surface area contributed by atoms with Gasteiger partial charge < -0.3 is 9.47 Å². The normalized spacial score (nSPS) is 18.6. The van der Waals surface area contributed by atoms with E-state index >= 15 is 0 Å². The van der Waals surface area contributed by atoms with E-state index in [1.807, 2.05) is 0 Å². The molecule has 1 aliphatic carbocycles. The van der Waals surface area contributed by atoms with E-state index in [4.69, 9.17) is 0 Å². The first-order valence-corrected chi connectivity index (χ1v) is 9.37. The standard InChI is InChI=1S/C21H27N3O/c1-16-14-20(17(2)24(16)19-8-9-19)21(25)15-22-10-12-23(13-11-22)18-6-4-3-5-7-18/h3-7,14,19H,8-13,15H2,1-2H3. The number of benzene rings is 1. The van der Waals surface area contributed by atoms with Crippen LogP contribution in [0.3, 0.4) is 0 Å². The predicted octanol–water partition coefficient (Wildman–Crippen LogP) is 3.44. The molecular weight excluding hydrogens is 310 g/mol. The van der Waals surface area contributed by atoms with Gasteiger partial charge in [-0.25, -0.2) is 0 Å². The van der Waals surface area contributed by atoms with E-state index in [1.165, 1.54) is 24.2 Å². The summed E-state index contributed by atoms with van der Waals surface area (Å²) < 4.78 is 2.36. The molecule has 2 aromatic rings. The summed E-state index contributed by atoms with van der Waals surface area (Å²) in [5.74, 6) is 0.271. The first-order chi connectivity index (χ1) is 12.1. The maximum absolute atomic E-state index is 12.8. The van der Waals surface area contributed by atoms with Crippen molar-refractivity contribution in [2.24, 2.45) is 0 Å². The average Bonchev–Trinajstić information content (AvgIpc) is 3.41. The quantitative estimate of drug-likeness (QED) is 0.783. The minimum absolute atomic E-state index is 0.271. The summed E-state index contributed by atoms with van der Waals surface area (Å²) in [6, 6.07) is 13.3. The van der Waals surface area contributed by atoms with E-state index in [2.05, 4.69) is 64.6 Å². The van der Waals surface area contributed by atoms with E-state index in [0.29, 0.717) is 12.6 Å². The Morgan fingerprint density at radius 1 is 1.04 bits per heavy atom. The second kappa shape index (κ2) is 6.68. The van der Waals surface area contributed by atoms with Crippen molar-refractivity contribution in [3.8, 4) is 0 Å². The van der Waals surface area contributed by atoms with Crippen molar-refractivity contribution < 1.29 is 4.79 Å². The molecule has 4 heteroatoms. The highest BCUT2D eigenvalue weighted by Crippen LogP contribution is 2.38. The van der Waals surface area contributed by atoms with Crippen LogP contribution in [0.2, 0.25) is 0 Å². The Morgan fingerprint density at radius 2 is 1.72 bits per heavy atom. The summed E-state index contributed by atoms with van der Waals surface area (Å²) in [6.45, 7) is 8.63. The molecule has 1 saturated carbocycles. The summed E-state index contributed by atoms with van der Waals surface area (Å²) in [5.41, 5.74) is 4.60. The highest BCUT2D eigenvalue weighted by molar-refractivity contribution is 5.99. The molecule has 2 heterocycles. The van der Waals surface area contributed by atoms with Gasteiger partial charge in [-0.2, -0.15) is 0 Å². The zero-order valence-electron chi connectivity index (χ0n) is 15.2. The summed E-state index contributed by atoms with van der Waals surface area (Å²) >= 11 is 0. The molecule has 4 rings (SSSR count). The lowest BCUT2D eigenvalue weighted by molar-refractivity contribution is 0.0925. The lowest BCUT2D eigenvalue weighted by Gasteiger charge is -2.35. The number of carbonyl (C=O) groups excluding carboxylic acids is 1. The third-order valence-corrected chi connectivity index (χ3v) is 5.56. The van der Waals surface area contributed by atoms with Gasteiger partial charge in [0.2, 0.25) is 0 Å². The van der Waals surface area contributed by atoms with Crippen LogP contribution in [0.25, 0.3) is 0 Å². The number of hydrogen-bond donors (Lipinski definition) is 0. The Morgan fingerprint density at radius 3 is 2.36 bits per heavy atom. The van der Waals surface area contributed by atoms with Crippen molar-refractivity contribution in [3.05, 3.63) is 53.3 Å². The van der Waals surface area contributed by atoms with Crippen molar-refractivity contribution in [3.63, 3.8) is 0 Å². The number of nitrogens with zero attached hydrogens (tertiary/aromatic N) is 3. The smallest absolute Gasteiger partial charge is 0.178 e. The van der Waals surface area contributed by atoms with E-state index in [-0.39, 0.29) is 5.78 Å². The third kappa shape index (κ3) is 3.36. The summed E-state index contributed by atoms with van der Waals surface area (Å²) in [4.78, 5) is 17.5. The molecule has 0 amide bonds. The first kappa shape index (κ1) is 16.4. The number of piperazine rings is 1. The number of carbonyl (C=O) groups is 1. The number of para-hydroxylation sites is 1. The lowest BCUT2D eigenvalue weighted by Crippen LogP contribution is -2.48. The maximum atomic E-state index is 12.8. The van der Waals surface area contributed by atoms with Crippen molar-refractivity contribution in [2.75, 3.05) is 37.6 Å². The molecule has 1 aromatic heterocycles. The molecule has 4 nitrogen and oxygen atoms in total. The Labute approximate surface area is 150 Å². The van der Waals surface area contributed by atoms with Crippen LogP contribution >= 0.6 is 0 Å². The van der Waals surface area contributed by atoms with Gasteiger partial charge in [-0.05, 0) is 44.9 Å². The Bertz CT molecular complexity index is 753. The van der Waals surface area contributed by atoms with E-state index in [9.17, 15) is 4.79 Å². The highest BCUT2D eigenvalue weighted by Gasteiger charge is 2.29. The van der Waals surface area contributed by atoms with Gasteiger partial charge in [0.15, 0.2) is 5.78 Å². The number of aryl methyl sites for hydroxylation is 1. The number of anilines is 1. The zero-order chi connectivity index (χ0) is 17.4. The first-order valence-electron chi connectivity index (χ1n) is 9.37.